The highest BCUT2D eigenvalue weighted by Crippen LogP contribution is 2.48. The molecule has 2 aliphatic carbocycles. The van der Waals surface area contributed by atoms with Crippen LogP contribution in [0.5, 0.6) is 5.75 Å². The van der Waals surface area contributed by atoms with Crippen LogP contribution >= 0.6 is 0 Å². The first-order valence-corrected chi connectivity index (χ1v) is 9.42. The van der Waals surface area contributed by atoms with Crippen LogP contribution in [-0.4, -0.2) is 6.61 Å². The van der Waals surface area contributed by atoms with Gasteiger partial charge in [0.05, 0.1) is 0 Å². The first kappa shape index (κ1) is 18.3. The molecule has 0 N–H and O–H groups in total. The molecule has 0 heterocycles. The van der Waals surface area contributed by atoms with Crippen molar-refractivity contribution < 1.29 is 17.9 Å². The van der Waals surface area contributed by atoms with Gasteiger partial charge >= 0.3 is 6.61 Å². The third-order valence-electron chi connectivity index (χ3n) is 6.14. The summed E-state index contributed by atoms with van der Waals surface area (Å²) in [4.78, 5) is 0. The summed E-state index contributed by atoms with van der Waals surface area (Å²) in [6, 6.07) is 4.48. The lowest BCUT2D eigenvalue weighted by Gasteiger charge is -2.42. The summed E-state index contributed by atoms with van der Waals surface area (Å²) in [6.45, 7) is 0.824. The quantitative estimate of drug-likeness (QED) is 0.518. The molecule has 0 spiro atoms. The van der Waals surface area contributed by atoms with Crippen molar-refractivity contribution in [2.75, 3.05) is 0 Å². The number of allylic oxidation sites excluding steroid dienone is 1. The van der Waals surface area contributed by atoms with Gasteiger partial charge in [-0.25, -0.2) is 4.39 Å². The highest BCUT2D eigenvalue weighted by atomic mass is 19.3. The van der Waals surface area contributed by atoms with Gasteiger partial charge in [-0.3, -0.25) is 0 Å². The van der Waals surface area contributed by atoms with E-state index >= 15 is 0 Å². The van der Waals surface area contributed by atoms with Gasteiger partial charge in [-0.15, -0.1) is 6.58 Å². The number of rotatable bonds is 6. The van der Waals surface area contributed by atoms with Gasteiger partial charge in [0, 0.05) is 0 Å². The highest BCUT2D eigenvalue weighted by molar-refractivity contribution is 5.31. The van der Waals surface area contributed by atoms with Crippen molar-refractivity contribution in [3.8, 4) is 5.75 Å². The van der Waals surface area contributed by atoms with E-state index in [-0.39, 0.29) is 5.75 Å². The van der Waals surface area contributed by atoms with E-state index in [9.17, 15) is 13.2 Å². The SMILES string of the molecule is C=CCC[C@@H]1CC[C@@H]2CC(c3ccc(OC(F)F)c(F)c3)CC[C@@H]2C1. The molecule has 0 radical (unpaired) electrons. The van der Waals surface area contributed by atoms with Crippen molar-refractivity contribution in [2.45, 2.75) is 63.9 Å². The average molecular weight is 352 g/mol. The molecule has 0 aliphatic heterocycles. The number of alkyl halides is 2. The van der Waals surface area contributed by atoms with Gasteiger partial charge in [-0.1, -0.05) is 18.6 Å². The molecule has 2 aliphatic rings. The molecule has 1 nitrogen and oxygen atoms in total. The number of hydrogen-bond donors (Lipinski definition) is 0. The molecule has 1 aromatic carbocycles. The van der Waals surface area contributed by atoms with Gasteiger partial charge in [-0.05, 0) is 86.3 Å². The minimum absolute atomic E-state index is 0.334. The van der Waals surface area contributed by atoms with Gasteiger partial charge in [0.25, 0.3) is 0 Å². The molecule has 1 unspecified atom stereocenters. The smallest absolute Gasteiger partial charge is 0.387 e. The normalized spacial score (nSPS) is 29.3. The van der Waals surface area contributed by atoms with E-state index in [1.54, 1.807) is 6.07 Å². The topological polar surface area (TPSA) is 9.23 Å². The molecule has 0 bridgehead atoms. The van der Waals surface area contributed by atoms with E-state index in [0.29, 0.717) is 5.92 Å². The lowest BCUT2D eigenvalue weighted by molar-refractivity contribution is -0.0522. The summed E-state index contributed by atoms with van der Waals surface area (Å²) in [6.07, 6.45) is 11.6. The van der Waals surface area contributed by atoms with E-state index in [2.05, 4.69) is 11.3 Å². The Balaban J connectivity index is 1.60. The molecule has 138 valence electrons. The van der Waals surface area contributed by atoms with Crippen molar-refractivity contribution in [3.63, 3.8) is 0 Å². The number of benzene rings is 1. The van der Waals surface area contributed by atoms with Gasteiger partial charge < -0.3 is 4.74 Å². The fourth-order valence-corrected chi connectivity index (χ4v) is 4.87. The number of hydrogen-bond acceptors (Lipinski definition) is 1. The summed E-state index contributed by atoms with van der Waals surface area (Å²) >= 11 is 0. The molecule has 2 saturated carbocycles. The Morgan fingerprint density at radius 2 is 1.88 bits per heavy atom. The summed E-state index contributed by atoms with van der Waals surface area (Å²) in [5, 5.41) is 0. The van der Waals surface area contributed by atoms with Crippen molar-refractivity contribution >= 4 is 0 Å². The van der Waals surface area contributed by atoms with E-state index < -0.39 is 12.4 Å². The average Bonchev–Trinajstić information content (AvgIpc) is 2.60. The summed E-state index contributed by atoms with van der Waals surface area (Å²) < 4.78 is 42.7. The standard InChI is InChI=1S/C21H27F3O/c1-2-3-4-14-5-6-16-12-17(8-7-15(16)11-14)18-9-10-20(19(22)13-18)25-21(23)24/h2,9-10,13-17,21H,1,3-8,11-12H2/t14-,15-,16-,17?/m1/s1. The van der Waals surface area contributed by atoms with Crippen LogP contribution in [0.15, 0.2) is 30.9 Å². The number of fused-ring (bicyclic) bond motifs is 1. The first-order chi connectivity index (χ1) is 12.1. The maximum Gasteiger partial charge on any atom is 0.387 e. The first-order valence-electron chi connectivity index (χ1n) is 9.42. The van der Waals surface area contributed by atoms with Crippen LogP contribution in [0.1, 0.15) is 62.8 Å². The number of halogens is 3. The molecule has 0 aromatic heterocycles. The third-order valence-corrected chi connectivity index (χ3v) is 6.14. The molecular weight excluding hydrogens is 325 g/mol. The van der Waals surface area contributed by atoms with Gasteiger partial charge in [0.1, 0.15) is 0 Å². The van der Waals surface area contributed by atoms with E-state index in [0.717, 1.165) is 42.6 Å². The van der Waals surface area contributed by atoms with Crippen LogP contribution in [0.4, 0.5) is 13.2 Å². The Morgan fingerprint density at radius 3 is 2.60 bits per heavy atom. The zero-order valence-corrected chi connectivity index (χ0v) is 14.6. The Labute approximate surface area is 148 Å². The second-order valence-corrected chi connectivity index (χ2v) is 7.64. The van der Waals surface area contributed by atoms with Gasteiger partial charge in [-0.2, -0.15) is 8.78 Å². The zero-order valence-electron chi connectivity index (χ0n) is 14.6. The van der Waals surface area contributed by atoms with Crippen LogP contribution < -0.4 is 4.74 Å². The Kier molecular flexibility index (Phi) is 6.08. The third kappa shape index (κ3) is 4.59. The number of ether oxygens (including phenoxy) is 1. The minimum Gasteiger partial charge on any atom is -0.432 e. The monoisotopic (exact) mass is 352 g/mol. The molecule has 25 heavy (non-hydrogen) atoms. The van der Waals surface area contributed by atoms with Crippen LogP contribution in [0.3, 0.4) is 0 Å². The van der Waals surface area contributed by atoms with Crippen LogP contribution in [0.25, 0.3) is 0 Å². The van der Waals surface area contributed by atoms with E-state index in [4.69, 9.17) is 0 Å². The molecule has 2 fully saturated rings. The van der Waals surface area contributed by atoms with Crippen LogP contribution in [0, 0.1) is 23.6 Å². The molecule has 0 saturated heterocycles. The second-order valence-electron chi connectivity index (χ2n) is 7.64. The van der Waals surface area contributed by atoms with E-state index in [1.165, 1.54) is 44.2 Å². The zero-order chi connectivity index (χ0) is 17.8. The highest BCUT2D eigenvalue weighted by Gasteiger charge is 2.35. The lowest BCUT2D eigenvalue weighted by Crippen LogP contribution is -2.30. The fraction of sp³-hybridized carbons (Fsp3) is 0.619. The predicted octanol–water partition coefficient (Wildman–Crippen LogP) is 6.69. The maximum atomic E-state index is 14.0. The predicted molar refractivity (Wildman–Crippen MR) is 93.4 cm³/mol. The molecule has 3 rings (SSSR count). The minimum atomic E-state index is -2.99. The second kappa shape index (κ2) is 8.29. The maximum absolute atomic E-state index is 14.0. The lowest BCUT2D eigenvalue weighted by atomic mass is 9.63. The molecule has 4 heteroatoms. The van der Waals surface area contributed by atoms with Crippen molar-refractivity contribution in [2.24, 2.45) is 17.8 Å². The summed E-state index contributed by atoms with van der Waals surface area (Å²) in [5.41, 5.74) is 0.923. The van der Waals surface area contributed by atoms with Gasteiger partial charge in [0.15, 0.2) is 11.6 Å². The van der Waals surface area contributed by atoms with Gasteiger partial charge in [0.2, 0.25) is 0 Å². The van der Waals surface area contributed by atoms with Crippen molar-refractivity contribution in [3.05, 3.63) is 42.2 Å². The Morgan fingerprint density at radius 1 is 1.12 bits per heavy atom. The molecular formula is C21H27F3O. The largest absolute Gasteiger partial charge is 0.432 e. The molecule has 1 aromatic rings. The van der Waals surface area contributed by atoms with E-state index in [1.807, 2.05) is 6.08 Å². The Hall–Kier alpha value is -1.45. The molecule has 4 atom stereocenters. The van der Waals surface area contributed by atoms with Crippen LogP contribution in [-0.2, 0) is 0 Å². The molecule has 0 amide bonds. The van der Waals surface area contributed by atoms with Crippen LogP contribution in [0.2, 0.25) is 0 Å². The van der Waals surface area contributed by atoms with Crippen molar-refractivity contribution in [1.29, 1.82) is 0 Å². The Bertz CT molecular complexity index is 587. The fourth-order valence-electron chi connectivity index (χ4n) is 4.87. The summed E-state index contributed by atoms with van der Waals surface area (Å²) in [7, 11) is 0. The summed E-state index contributed by atoms with van der Waals surface area (Å²) in [5.74, 6) is 1.63. The van der Waals surface area contributed by atoms with Crippen molar-refractivity contribution in [1.82, 2.24) is 0 Å².